The monoisotopic (exact) mass is 433 g/mol. The molecule has 0 radical (unpaired) electrons. The smallest absolute Gasteiger partial charge is 0.245 e. The number of nitrogens with two attached hydrogens (primary N) is 1. The van der Waals surface area contributed by atoms with E-state index in [0.717, 1.165) is 28.9 Å². The van der Waals surface area contributed by atoms with Crippen molar-refractivity contribution in [2.24, 2.45) is 11.8 Å². The summed E-state index contributed by atoms with van der Waals surface area (Å²) < 4.78 is 6.26. The van der Waals surface area contributed by atoms with Crippen molar-refractivity contribution in [3.8, 4) is 11.3 Å². The van der Waals surface area contributed by atoms with Crippen LogP contribution in [0.5, 0.6) is 0 Å². The lowest BCUT2D eigenvalue weighted by atomic mass is 10.0. The van der Waals surface area contributed by atoms with Crippen molar-refractivity contribution in [3.63, 3.8) is 0 Å². The van der Waals surface area contributed by atoms with Gasteiger partial charge in [-0.2, -0.15) is 17.2 Å². The van der Waals surface area contributed by atoms with Crippen molar-refractivity contribution in [1.29, 1.82) is 0 Å². The van der Waals surface area contributed by atoms with E-state index in [1.165, 1.54) is 5.56 Å². The van der Waals surface area contributed by atoms with Crippen molar-refractivity contribution < 1.29 is 14.1 Å². The molecule has 3 aromatic rings. The fourth-order valence-corrected chi connectivity index (χ4v) is 3.95. The normalized spacial score (nSPS) is 12.3. The Hall–Kier alpha value is -2.24. The van der Waals surface area contributed by atoms with Crippen LogP contribution in [0, 0.1) is 5.92 Å². The number of benzene rings is 1. The van der Waals surface area contributed by atoms with Gasteiger partial charge in [-0.1, -0.05) is 31.2 Å². The molecule has 3 N–H and O–H groups in total. The molecule has 1 atom stereocenters. The minimum atomic E-state index is -0.427. The SMILES string of the molecule is CC(C)C(C(=O)NCCc1ccsc1)n1cc(-c2ccc(SOON)cc2)nn1. The molecule has 0 fully saturated rings. The van der Waals surface area contributed by atoms with Gasteiger partial charge in [-0.15, -0.1) is 14.4 Å². The van der Waals surface area contributed by atoms with E-state index in [9.17, 15) is 4.79 Å². The number of carbonyl (C=O) groups is 1. The van der Waals surface area contributed by atoms with Crippen LogP contribution < -0.4 is 11.2 Å². The maximum atomic E-state index is 12.8. The molecule has 0 bridgehead atoms. The molecule has 29 heavy (non-hydrogen) atoms. The Morgan fingerprint density at radius 1 is 1.31 bits per heavy atom. The molecule has 1 amide bonds. The van der Waals surface area contributed by atoms with Gasteiger partial charge in [0.05, 0.1) is 18.2 Å². The van der Waals surface area contributed by atoms with E-state index < -0.39 is 6.04 Å². The first kappa shape index (κ1) is 21.5. The van der Waals surface area contributed by atoms with E-state index in [2.05, 4.69) is 36.4 Å². The minimum absolute atomic E-state index is 0.0580. The lowest BCUT2D eigenvalue weighted by Crippen LogP contribution is -2.36. The number of hydrogen-bond acceptors (Lipinski definition) is 8. The quantitative estimate of drug-likeness (QED) is 0.287. The van der Waals surface area contributed by atoms with Crippen LogP contribution in [-0.4, -0.2) is 27.4 Å². The summed E-state index contributed by atoms with van der Waals surface area (Å²) in [5.41, 5.74) is 2.80. The first-order valence-electron chi connectivity index (χ1n) is 9.09. The van der Waals surface area contributed by atoms with Gasteiger partial charge < -0.3 is 5.32 Å². The number of hydrogen-bond donors (Lipinski definition) is 2. The molecule has 1 aromatic carbocycles. The Morgan fingerprint density at radius 3 is 2.76 bits per heavy atom. The van der Waals surface area contributed by atoms with Gasteiger partial charge in [-0.05, 0) is 46.9 Å². The van der Waals surface area contributed by atoms with Gasteiger partial charge in [0.15, 0.2) is 0 Å². The Morgan fingerprint density at radius 2 is 2.10 bits per heavy atom. The highest BCUT2D eigenvalue weighted by Crippen LogP contribution is 2.25. The predicted octanol–water partition coefficient (Wildman–Crippen LogP) is 3.39. The molecule has 154 valence electrons. The zero-order valence-electron chi connectivity index (χ0n) is 16.1. The summed E-state index contributed by atoms with van der Waals surface area (Å²) in [5.74, 6) is 4.85. The van der Waals surface area contributed by atoms with Crippen LogP contribution in [0.1, 0.15) is 25.5 Å². The summed E-state index contributed by atoms with van der Waals surface area (Å²) in [5, 5.41) is 15.6. The third-order valence-electron chi connectivity index (χ3n) is 4.31. The number of nitrogens with one attached hydrogen (secondary N) is 1. The zero-order chi connectivity index (χ0) is 20.6. The molecule has 8 nitrogen and oxygen atoms in total. The zero-order valence-corrected chi connectivity index (χ0v) is 17.8. The first-order valence-corrected chi connectivity index (χ1v) is 10.8. The fourth-order valence-electron chi connectivity index (χ4n) is 2.88. The summed E-state index contributed by atoms with van der Waals surface area (Å²) in [7, 11) is 0. The average Bonchev–Trinajstić information content (AvgIpc) is 3.39. The first-order chi connectivity index (χ1) is 14.1. The van der Waals surface area contributed by atoms with Crippen molar-refractivity contribution in [3.05, 3.63) is 52.9 Å². The molecule has 10 heteroatoms. The van der Waals surface area contributed by atoms with Crippen LogP contribution in [0.3, 0.4) is 0 Å². The van der Waals surface area contributed by atoms with E-state index in [0.29, 0.717) is 12.2 Å². The van der Waals surface area contributed by atoms with E-state index >= 15 is 0 Å². The Labute approximate surface area is 177 Å². The topological polar surface area (TPSA) is 104 Å². The standard InChI is InChI=1S/C19H23N5O3S2/c1-13(2)18(19(25)21-9-7-14-8-10-28-12-14)24-11-17(22-23-24)15-3-5-16(6-4-15)29-27-26-20/h3-6,8,10-13,18H,7,9,20H2,1-2H3,(H,21,25). The van der Waals surface area contributed by atoms with E-state index in [1.54, 1.807) is 22.2 Å². The lowest BCUT2D eigenvalue weighted by Gasteiger charge is -2.20. The second-order valence-corrected chi connectivity index (χ2v) is 8.27. The molecule has 0 saturated carbocycles. The van der Waals surface area contributed by atoms with Crippen molar-refractivity contribution in [2.45, 2.75) is 31.2 Å². The van der Waals surface area contributed by atoms with Crippen LogP contribution >= 0.6 is 23.4 Å². The van der Waals surface area contributed by atoms with Crippen molar-refractivity contribution in [2.75, 3.05) is 6.54 Å². The van der Waals surface area contributed by atoms with E-state index in [1.807, 2.05) is 43.5 Å². The third-order valence-corrected chi connectivity index (χ3v) is 5.65. The summed E-state index contributed by atoms with van der Waals surface area (Å²) in [6.45, 7) is 4.58. The van der Waals surface area contributed by atoms with Gasteiger partial charge in [0, 0.05) is 17.0 Å². The molecule has 3 rings (SSSR count). The molecule has 0 aliphatic rings. The minimum Gasteiger partial charge on any atom is -0.354 e. The maximum Gasteiger partial charge on any atom is 0.245 e. The molecule has 1 unspecified atom stereocenters. The Balaban J connectivity index is 1.65. The second kappa shape index (κ2) is 10.5. The molecule has 0 aliphatic carbocycles. The molecule has 2 heterocycles. The second-order valence-electron chi connectivity index (χ2n) is 6.72. The Kier molecular flexibility index (Phi) is 7.78. The van der Waals surface area contributed by atoms with Gasteiger partial charge in [0.2, 0.25) is 5.91 Å². The largest absolute Gasteiger partial charge is 0.354 e. The number of amides is 1. The van der Waals surface area contributed by atoms with Gasteiger partial charge in [0.1, 0.15) is 11.7 Å². The highest BCUT2D eigenvalue weighted by atomic mass is 32.2. The van der Waals surface area contributed by atoms with Gasteiger partial charge in [-0.3, -0.25) is 4.79 Å². The number of nitrogens with zero attached hydrogens (tertiary/aromatic N) is 3. The van der Waals surface area contributed by atoms with Gasteiger partial charge in [0.25, 0.3) is 0 Å². The number of aromatic nitrogens is 3. The number of carbonyl (C=O) groups excluding carboxylic acids is 1. The predicted molar refractivity (Wildman–Crippen MR) is 113 cm³/mol. The van der Waals surface area contributed by atoms with Gasteiger partial charge >= 0.3 is 0 Å². The lowest BCUT2D eigenvalue weighted by molar-refractivity contribution is -0.195. The molecule has 0 saturated heterocycles. The van der Waals surface area contributed by atoms with E-state index in [-0.39, 0.29) is 11.8 Å². The maximum absolute atomic E-state index is 12.8. The summed E-state index contributed by atoms with van der Waals surface area (Å²) in [6, 6.07) is 9.14. The number of rotatable bonds is 10. The molecule has 2 aromatic heterocycles. The number of thiophene rings is 1. The van der Waals surface area contributed by atoms with Crippen LogP contribution in [0.4, 0.5) is 0 Å². The van der Waals surface area contributed by atoms with Crippen molar-refractivity contribution in [1.82, 2.24) is 20.3 Å². The highest BCUT2D eigenvalue weighted by Gasteiger charge is 2.25. The van der Waals surface area contributed by atoms with Crippen LogP contribution in [-0.2, 0) is 20.5 Å². The molecule has 0 aliphatic heterocycles. The fraction of sp³-hybridized carbons (Fsp3) is 0.316. The summed E-state index contributed by atoms with van der Waals surface area (Å²) in [6.07, 6.45) is 2.61. The van der Waals surface area contributed by atoms with Crippen LogP contribution in [0.2, 0.25) is 0 Å². The van der Waals surface area contributed by atoms with Crippen LogP contribution in [0.25, 0.3) is 11.3 Å². The Bertz CT molecular complexity index is 897. The molecular formula is C19H23N5O3S2. The third kappa shape index (κ3) is 5.87. The molecular weight excluding hydrogens is 410 g/mol. The van der Waals surface area contributed by atoms with Gasteiger partial charge in [-0.25, -0.2) is 4.68 Å². The van der Waals surface area contributed by atoms with Crippen molar-refractivity contribution >= 4 is 29.3 Å². The van der Waals surface area contributed by atoms with E-state index in [4.69, 9.17) is 5.90 Å². The summed E-state index contributed by atoms with van der Waals surface area (Å²) >= 11 is 2.66. The average molecular weight is 434 g/mol. The molecule has 0 spiro atoms. The van der Waals surface area contributed by atoms with Crippen LogP contribution in [0.15, 0.2) is 52.2 Å². The summed E-state index contributed by atoms with van der Waals surface area (Å²) in [4.78, 5) is 17.7. The highest BCUT2D eigenvalue weighted by molar-refractivity contribution is 7.94.